The summed E-state index contributed by atoms with van der Waals surface area (Å²) in [6.07, 6.45) is 5.05. The van der Waals surface area contributed by atoms with Crippen molar-refractivity contribution in [3.63, 3.8) is 0 Å². The van der Waals surface area contributed by atoms with Crippen molar-refractivity contribution < 1.29 is 10.6 Å². The standard InChI is InChI=1S/3C9H6ClNO.Ga/c3*10-7-3-4-8(12)9-6(7)2-1-5-11-9;/h3*1-5,12H;/q;;;+3/p-3. The molecule has 0 spiro atoms. The second kappa shape index (κ2) is 10.3. The third-order valence-electron chi connectivity index (χ3n) is 5.71. The van der Waals surface area contributed by atoms with Crippen LogP contribution in [0.5, 0.6) is 17.2 Å². The molecule has 0 bridgehead atoms. The van der Waals surface area contributed by atoms with E-state index in [0.29, 0.717) is 48.9 Å². The van der Waals surface area contributed by atoms with E-state index < -0.39 is 17.3 Å². The average Bonchev–Trinajstić information content (AvgIpc) is 2.94. The molecule has 0 saturated carbocycles. The van der Waals surface area contributed by atoms with Crippen LogP contribution >= 0.6 is 34.8 Å². The topological polar surface area (TPSA) is 66.4 Å². The Morgan fingerprint density at radius 2 is 0.784 bits per heavy atom. The van der Waals surface area contributed by atoms with Crippen molar-refractivity contribution in [3.8, 4) is 17.2 Å². The van der Waals surface area contributed by atoms with Crippen LogP contribution in [0.3, 0.4) is 0 Å². The number of hydrogen-bond donors (Lipinski definition) is 0. The van der Waals surface area contributed by atoms with Crippen molar-refractivity contribution in [3.05, 3.63) is 106 Å². The predicted octanol–water partition coefficient (Wildman–Crippen LogP) is 7.81. The third kappa shape index (κ3) is 4.76. The van der Waals surface area contributed by atoms with Gasteiger partial charge in [0.15, 0.2) is 0 Å². The minimum atomic E-state index is -3.65. The second-order valence-electron chi connectivity index (χ2n) is 7.98. The molecule has 3 aromatic heterocycles. The molecule has 0 aliphatic heterocycles. The Bertz CT molecular complexity index is 1580. The van der Waals surface area contributed by atoms with Crippen LogP contribution in [0.15, 0.2) is 91.4 Å². The molecule has 0 unspecified atom stereocenters. The van der Waals surface area contributed by atoms with E-state index in [2.05, 4.69) is 15.0 Å². The summed E-state index contributed by atoms with van der Waals surface area (Å²) in [5, 5.41) is 4.01. The summed E-state index contributed by atoms with van der Waals surface area (Å²) in [4.78, 5) is 13.4. The van der Waals surface area contributed by atoms with Gasteiger partial charge in [0.05, 0.1) is 0 Å². The van der Waals surface area contributed by atoms with Crippen LogP contribution in [0, 0.1) is 0 Å². The molecule has 0 aliphatic carbocycles. The van der Waals surface area contributed by atoms with Gasteiger partial charge in [-0.3, -0.25) is 0 Å². The average molecular weight is 606 g/mol. The molecule has 10 heteroatoms. The molecule has 6 aromatic rings. The molecular formula is C27H15Cl3GaN3O3. The van der Waals surface area contributed by atoms with Crippen molar-refractivity contribution in [1.29, 1.82) is 0 Å². The zero-order valence-electron chi connectivity index (χ0n) is 18.9. The summed E-state index contributed by atoms with van der Waals surface area (Å²) in [7, 11) is 0. The molecule has 0 amide bonds. The normalized spacial score (nSPS) is 11.1. The SMILES string of the molecule is Clc1ccc([O][Ga]([O]c2ccc(Cl)c3cccnc23)[O]c2ccc(Cl)c3cccnc23)c2ncccc12. The van der Waals surface area contributed by atoms with Gasteiger partial charge in [0.2, 0.25) is 0 Å². The zero-order valence-corrected chi connectivity index (χ0v) is 23.6. The van der Waals surface area contributed by atoms with E-state index in [9.17, 15) is 0 Å². The van der Waals surface area contributed by atoms with Gasteiger partial charge in [0, 0.05) is 0 Å². The van der Waals surface area contributed by atoms with E-state index in [4.69, 9.17) is 45.4 Å². The van der Waals surface area contributed by atoms with E-state index in [-0.39, 0.29) is 0 Å². The number of nitrogens with zero attached hydrogens (tertiary/aromatic N) is 3. The molecule has 0 aliphatic rings. The maximum absolute atomic E-state index is 6.45. The van der Waals surface area contributed by atoms with Crippen LogP contribution < -0.4 is 10.6 Å². The zero-order chi connectivity index (χ0) is 25.4. The van der Waals surface area contributed by atoms with E-state index in [1.54, 1.807) is 55.0 Å². The van der Waals surface area contributed by atoms with Crippen LogP contribution in [0.1, 0.15) is 0 Å². The Morgan fingerprint density at radius 1 is 0.459 bits per heavy atom. The van der Waals surface area contributed by atoms with E-state index in [0.717, 1.165) is 16.2 Å². The number of aromatic nitrogens is 3. The molecule has 0 fully saturated rings. The summed E-state index contributed by atoms with van der Waals surface area (Å²) < 4.78 is 19.3. The van der Waals surface area contributed by atoms with Crippen LogP contribution in [0.4, 0.5) is 0 Å². The molecule has 0 saturated heterocycles. The first-order valence-electron chi connectivity index (χ1n) is 11.2. The van der Waals surface area contributed by atoms with Crippen molar-refractivity contribution in [1.82, 2.24) is 15.0 Å². The Labute approximate surface area is 233 Å². The fourth-order valence-corrected chi connectivity index (χ4v) is 7.46. The van der Waals surface area contributed by atoms with Crippen LogP contribution in [0.25, 0.3) is 32.7 Å². The van der Waals surface area contributed by atoms with Crippen LogP contribution in [0.2, 0.25) is 15.1 Å². The maximum atomic E-state index is 6.45. The second-order valence-corrected chi connectivity index (χ2v) is 11.9. The number of fused-ring (bicyclic) bond motifs is 3. The van der Waals surface area contributed by atoms with Crippen molar-refractivity contribution in [2.24, 2.45) is 0 Å². The van der Waals surface area contributed by atoms with Gasteiger partial charge in [0.25, 0.3) is 0 Å². The number of pyridine rings is 3. The summed E-state index contributed by atoms with van der Waals surface area (Å²) in [5.74, 6) is 1.51. The molecule has 6 rings (SSSR count). The molecular weight excluding hydrogens is 590 g/mol. The van der Waals surface area contributed by atoms with Gasteiger partial charge in [-0.15, -0.1) is 0 Å². The summed E-state index contributed by atoms with van der Waals surface area (Å²) >= 11 is 15.6. The summed E-state index contributed by atoms with van der Waals surface area (Å²) in [6, 6.07) is 21.7. The minimum absolute atomic E-state index is 0.502. The molecule has 3 aromatic carbocycles. The fourth-order valence-electron chi connectivity index (χ4n) is 4.00. The van der Waals surface area contributed by atoms with Gasteiger partial charge in [-0.25, -0.2) is 0 Å². The van der Waals surface area contributed by atoms with Gasteiger partial charge >= 0.3 is 234 Å². The first kappa shape index (κ1) is 24.2. The van der Waals surface area contributed by atoms with Gasteiger partial charge < -0.3 is 0 Å². The molecule has 180 valence electrons. The van der Waals surface area contributed by atoms with Gasteiger partial charge in [0.1, 0.15) is 0 Å². The van der Waals surface area contributed by atoms with Gasteiger partial charge in [-0.2, -0.15) is 0 Å². The Balaban J connectivity index is 1.45. The predicted molar refractivity (Wildman–Crippen MR) is 148 cm³/mol. The first-order chi connectivity index (χ1) is 18.1. The van der Waals surface area contributed by atoms with Crippen LogP contribution in [-0.2, 0) is 0 Å². The number of benzene rings is 3. The monoisotopic (exact) mass is 603 g/mol. The molecule has 6 nitrogen and oxygen atoms in total. The molecule has 3 heterocycles. The molecule has 0 N–H and O–H groups in total. The van der Waals surface area contributed by atoms with Gasteiger partial charge in [-0.05, 0) is 0 Å². The van der Waals surface area contributed by atoms with Crippen LogP contribution in [-0.4, -0.2) is 32.3 Å². The summed E-state index contributed by atoms with van der Waals surface area (Å²) in [5.41, 5.74) is 1.82. The molecule has 0 radical (unpaired) electrons. The Hall–Kier alpha value is -3.20. The fraction of sp³-hybridized carbons (Fsp3) is 0. The first-order valence-corrected chi connectivity index (χ1v) is 15.3. The number of hydrogen-bond acceptors (Lipinski definition) is 6. The Kier molecular flexibility index (Phi) is 6.71. The van der Waals surface area contributed by atoms with E-state index in [1.165, 1.54) is 0 Å². The van der Waals surface area contributed by atoms with E-state index >= 15 is 0 Å². The summed E-state index contributed by atoms with van der Waals surface area (Å²) in [6.45, 7) is 0. The van der Waals surface area contributed by atoms with Crippen molar-refractivity contribution >= 4 is 84.8 Å². The third-order valence-corrected chi connectivity index (χ3v) is 9.51. The molecule has 0 atom stereocenters. The van der Waals surface area contributed by atoms with Crippen molar-refractivity contribution in [2.45, 2.75) is 0 Å². The number of rotatable bonds is 6. The van der Waals surface area contributed by atoms with Crippen molar-refractivity contribution in [2.75, 3.05) is 0 Å². The van der Waals surface area contributed by atoms with E-state index in [1.807, 2.05) is 36.4 Å². The number of halogens is 3. The molecule has 37 heavy (non-hydrogen) atoms. The Morgan fingerprint density at radius 3 is 1.11 bits per heavy atom. The van der Waals surface area contributed by atoms with Gasteiger partial charge in [-0.1, -0.05) is 0 Å². The quantitative estimate of drug-likeness (QED) is 0.181.